The second kappa shape index (κ2) is 5.10. The molecule has 1 heterocycles. The van der Waals surface area contributed by atoms with E-state index in [0.29, 0.717) is 16.8 Å². The van der Waals surface area contributed by atoms with E-state index in [-0.39, 0.29) is 5.91 Å². The molecule has 0 bridgehead atoms. The molecule has 1 aromatic heterocycles. The second-order valence-electron chi connectivity index (χ2n) is 4.69. The molecule has 21 heavy (non-hydrogen) atoms. The third-order valence-electron chi connectivity index (χ3n) is 3.26. The average Bonchev–Trinajstić information content (AvgIpc) is 2.88. The number of aromatic nitrogens is 2. The monoisotopic (exact) mass is 276 g/mol. The molecule has 1 N–H and O–H groups in total. The topological polar surface area (TPSA) is 70.7 Å². The summed E-state index contributed by atoms with van der Waals surface area (Å²) in [5.41, 5.74) is 2.56. The second-order valence-corrected chi connectivity index (χ2v) is 4.69. The van der Waals surface area contributed by atoms with Crippen molar-refractivity contribution in [2.75, 3.05) is 5.32 Å². The van der Waals surface area contributed by atoms with Crippen LogP contribution < -0.4 is 5.32 Å². The summed E-state index contributed by atoms with van der Waals surface area (Å²) in [4.78, 5) is 12.3. The van der Waals surface area contributed by atoms with Crippen LogP contribution in [0.1, 0.15) is 15.9 Å². The van der Waals surface area contributed by atoms with E-state index in [1.807, 2.05) is 19.2 Å². The van der Waals surface area contributed by atoms with Crippen LogP contribution in [0, 0.1) is 11.3 Å². The van der Waals surface area contributed by atoms with E-state index in [9.17, 15) is 4.79 Å². The number of anilines is 1. The molecule has 0 aliphatic carbocycles. The number of hydrogen-bond acceptors (Lipinski definition) is 3. The number of hydrogen-bond donors (Lipinski definition) is 1. The van der Waals surface area contributed by atoms with Gasteiger partial charge in [0, 0.05) is 23.7 Å². The van der Waals surface area contributed by atoms with E-state index in [4.69, 9.17) is 5.26 Å². The van der Waals surface area contributed by atoms with Crippen LogP contribution >= 0.6 is 0 Å². The molecule has 0 unspecified atom stereocenters. The molecular formula is C16H12N4O. The van der Waals surface area contributed by atoms with Crippen molar-refractivity contribution in [3.8, 4) is 6.07 Å². The van der Waals surface area contributed by atoms with Gasteiger partial charge in [0.15, 0.2) is 0 Å². The van der Waals surface area contributed by atoms with Gasteiger partial charge in [0.2, 0.25) is 0 Å². The van der Waals surface area contributed by atoms with Crippen LogP contribution in [0.25, 0.3) is 10.9 Å². The van der Waals surface area contributed by atoms with Gasteiger partial charge in [-0.1, -0.05) is 12.1 Å². The third kappa shape index (κ3) is 2.47. The maximum absolute atomic E-state index is 12.3. The fraction of sp³-hybridized carbons (Fsp3) is 0.0625. The summed E-state index contributed by atoms with van der Waals surface area (Å²) in [5.74, 6) is -0.215. The zero-order chi connectivity index (χ0) is 14.8. The van der Waals surface area contributed by atoms with Gasteiger partial charge in [-0.2, -0.15) is 10.4 Å². The molecule has 3 aromatic rings. The Hall–Kier alpha value is -3.13. The van der Waals surface area contributed by atoms with Gasteiger partial charge in [-0.3, -0.25) is 9.48 Å². The van der Waals surface area contributed by atoms with Gasteiger partial charge >= 0.3 is 0 Å². The van der Waals surface area contributed by atoms with Gasteiger partial charge in [-0.25, -0.2) is 0 Å². The van der Waals surface area contributed by atoms with E-state index in [2.05, 4.69) is 10.4 Å². The zero-order valence-electron chi connectivity index (χ0n) is 11.4. The van der Waals surface area contributed by atoms with E-state index >= 15 is 0 Å². The Kier molecular flexibility index (Phi) is 3.13. The quantitative estimate of drug-likeness (QED) is 0.782. The third-order valence-corrected chi connectivity index (χ3v) is 3.26. The Bertz CT molecular complexity index is 873. The molecule has 5 nitrogen and oxygen atoms in total. The summed E-state index contributed by atoms with van der Waals surface area (Å²) in [6.07, 6.45) is 1.76. The number of aryl methyl sites for hydroxylation is 1. The van der Waals surface area contributed by atoms with Crippen LogP contribution in [0.3, 0.4) is 0 Å². The van der Waals surface area contributed by atoms with Gasteiger partial charge in [-0.05, 0) is 30.3 Å². The van der Waals surface area contributed by atoms with Crippen molar-refractivity contribution < 1.29 is 4.79 Å². The van der Waals surface area contributed by atoms with E-state index in [0.717, 1.165) is 10.9 Å². The molecular weight excluding hydrogens is 264 g/mol. The van der Waals surface area contributed by atoms with Crippen molar-refractivity contribution in [1.82, 2.24) is 9.78 Å². The molecule has 0 aliphatic heterocycles. The predicted molar refractivity (Wildman–Crippen MR) is 79.8 cm³/mol. The van der Waals surface area contributed by atoms with Crippen molar-refractivity contribution in [1.29, 1.82) is 5.26 Å². The number of carbonyl (C=O) groups excluding carboxylic acids is 1. The highest BCUT2D eigenvalue weighted by Gasteiger charge is 2.09. The lowest BCUT2D eigenvalue weighted by atomic mass is 10.1. The molecule has 0 aliphatic rings. The largest absolute Gasteiger partial charge is 0.322 e. The Labute approximate surface area is 121 Å². The summed E-state index contributed by atoms with van der Waals surface area (Å²) in [6.45, 7) is 0. The van der Waals surface area contributed by atoms with E-state index < -0.39 is 0 Å². The smallest absolute Gasteiger partial charge is 0.255 e. The molecule has 0 atom stereocenters. The molecule has 102 valence electrons. The summed E-state index contributed by atoms with van der Waals surface area (Å²) < 4.78 is 1.72. The highest BCUT2D eigenvalue weighted by atomic mass is 16.1. The Morgan fingerprint density at radius 3 is 2.95 bits per heavy atom. The van der Waals surface area contributed by atoms with Crippen LogP contribution in [0.4, 0.5) is 5.69 Å². The van der Waals surface area contributed by atoms with Crippen LogP contribution in [0.2, 0.25) is 0 Å². The number of nitriles is 1. The number of rotatable bonds is 2. The Morgan fingerprint density at radius 1 is 1.29 bits per heavy atom. The number of nitrogens with one attached hydrogen (secondary N) is 1. The molecule has 3 rings (SSSR count). The molecule has 0 spiro atoms. The highest BCUT2D eigenvalue weighted by molar-refractivity contribution is 6.06. The number of amides is 1. The minimum absolute atomic E-state index is 0.215. The number of fused-ring (bicyclic) bond motifs is 1. The first kappa shape index (κ1) is 12.9. The van der Waals surface area contributed by atoms with Gasteiger partial charge in [-0.15, -0.1) is 0 Å². The van der Waals surface area contributed by atoms with Gasteiger partial charge < -0.3 is 5.32 Å². The first-order valence-electron chi connectivity index (χ1n) is 6.40. The minimum atomic E-state index is -0.215. The lowest BCUT2D eigenvalue weighted by Crippen LogP contribution is -2.12. The lowest BCUT2D eigenvalue weighted by Gasteiger charge is -2.06. The van der Waals surface area contributed by atoms with Crippen molar-refractivity contribution in [2.24, 2.45) is 7.05 Å². The van der Waals surface area contributed by atoms with Crippen LogP contribution in [0.5, 0.6) is 0 Å². The van der Waals surface area contributed by atoms with Gasteiger partial charge in [0.05, 0.1) is 23.3 Å². The maximum Gasteiger partial charge on any atom is 0.255 e. The summed E-state index contributed by atoms with van der Waals surface area (Å²) in [7, 11) is 1.83. The van der Waals surface area contributed by atoms with Crippen molar-refractivity contribution in [2.45, 2.75) is 0 Å². The Balaban J connectivity index is 1.89. The standard InChI is InChI=1S/C16H12N4O/c1-20-15-8-12(5-6-13(15)10-18-20)16(21)19-14-4-2-3-11(7-14)9-17/h2-8,10H,1H3,(H,19,21). The maximum atomic E-state index is 12.3. The molecule has 2 aromatic carbocycles. The summed E-state index contributed by atoms with van der Waals surface area (Å²) in [5, 5.41) is 16.8. The fourth-order valence-corrected chi connectivity index (χ4v) is 2.16. The zero-order valence-corrected chi connectivity index (χ0v) is 11.4. The number of carbonyl (C=O) groups is 1. The summed E-state index contributed by atoms with van der Waals surface area (Å²) >= 11 is 0. The van der Waals surface area contributed by atoms with Crippen molar-refractivity contribution in [3.63, 3.8) is 0 Å². The predicted octanol–water partition coefficient (Wildman–Crippen LogP) is 2.70. The lowest BCUT2D eigenvalue weighted by molar-refractivity contribution is 0.102. The first-order chi connectivity index (χ1) is 10.2. The number of nitrogens with zero attached hydrogens (tertiary/aromatic N) is 3. The van der Waals surface area contributed by atoms with E-state index in [1.54, 1.807) is 47.3 Å². The average molecular weight is 276 g/mol. The van der Waals surface area contributed by atoms with E-state index in [1.165, 1.54) is 0 Å². The van der Waals surface area contributed by atoms with Crippen LogP contribution in [0.15, 0.2) is 48.7 Å². The van der Waals surface area contributed by atoms with Gasteiger partial charge in [0.1, 0.15) is 0 Å². The minimum Gasteiger partial charge on any atom is -0.322 e. The van der Waals surface area contributed by atoms with Crippen molar-refractivity contribution in [3.05, 3.63) is 59.8 Å². The molecule has 0 radical (unpaired) electrons. The summed E-state index contributed by atoms with van der Waals surface area (Å²) in [6, 6.07) is 14.3. The molecule has 5 heteroatoms. The van der Waals surface area contributed by atoms with Gasteiger partial charge in [0.25, 0.3) is 5.91 Å². The molecule has 0 saturated carbocycles. The molecule has 0 saturated heterocycles. The van der Waals surface area contributed by atoms with Crippen LogP contribution in [-0.4, -0.2) is 15.7 Å². The first-order valence-corrected chi connectivity index (χ1v) is 6.40. The Morgan fingerprint density at radius 2 is 2.14 bits per heavy atom. The van der Waals surface area contributed by atoms with Crippen LogP contribution in [-0.2, 0) is 7.05 Å². The number of benzene rings is 2. The molecule has 0 fully saturated rings. The highest BCUT2D eigenvalue weighted by Crippen LogP contribution is 2.17. The molecule has 1 amide bonds. The fourth-order valence-electron chi connectivity index (χ4n) is 2.16. The SMILES string of the molecule is Cn1ncc2ccc(C(=O)Nc3cccc(C#N)c3)cc21. The normalized spacial score (nSPS) is 10.3. The van der Waals surface area contributed by atoms with Crippen molar-refractivity contribution >= 4 is 22.5 Å².